The van der Waals surface area contributed by atoms with Crippen LogP contribution in [0.5, 0.6) is 0 Å². The number of hydrogen-bond donors (Lipinski definition) is 1. The van der Waals surface area contributed by atoms with Crippen LogP contribution >= 0.6 is 11.6 Å². The molecule has 0 fully saturated rings. The van der Waals surface area contributed by atoms with Crippen molar-refractivity contribution in [2.75, 3.05) is 6.61 Å². The van der Waals surface area contributed by atoms with E-state index in [0.29, 0.717) is 16.3 Å². The molecule has 0 spiro atoms. The number of imidazole rings is 1. The van der Waals surface area contributed by atoms with Gasteiger partial charge in [-0.1, -0.05) is 41.9 Å². The highest BCUT2D eigenvalue weighted by Gasteiger charge is 2.38. The highest BCUT2D eigenvalue weighted by molar-refractivity contribution is 6.33. The first-order valence-corrected chi connectivity index (χ1v) is 7.48. The van der Waals surface area contributed by atoms with Gasteiger partial charge in [-0.25, -0.2) is 15.0 Å². The zero-order chi connectivity index (χ0) is 15.9. The number of aromatic nitrogens is 4. The molecule has 4 rings (SSSR count). The second-order valence-corrected chi connectivity index (χ2v) is 5.63. The van der Waals surface area contributed by atoms with E-state index in [9.17, 15) is 5.11 Å². The van der Waals surface area contributed by atoms with Crippen LogP contribution in [-0.2, 0) is 10.3 Å². The molecule has 0 bridgehead atoms. The van der Waals surface area contributed by atoms with E-state index < -0.39 is 11.8 Å². The Morgan fingerprint density at radius 2 is 2.04 bits per heavy atom. The lowest BCUT2D eigenvalue weighted by Crippen LogP contribution is -2.30. The Morgan fingerprint density at radius 3 is 2.83 bits per heavy atom. The first kappa shape index (κ1) is 14.3. The van der Waals surface area contributed by atoms with Gasteiger partial charge in [0.15, 0.2) is 17.0 Å². The zero-order valence-corrected chi connectivity index (χ0v) is 12.8. The number of rotatable bonds is 3. The first-order chi connectivity index (χ1) is 11.2. The number of nitrogens with zero attached hydrogens (tertiary/aromatic N) is 4. The van der Waals surface area contributed by atoms with E-state index in [2.05, 4.69) is 15.0 Å². The molecule has 0 unspecified atom stereocenters. The van der Waals surface area contributed by atoms with Crippen molar-refractivity contribution in [2.24, 2.45) is 0 Å². The van der Waals surface area contributed by atoms with Crippen LogP contribution in [0.1, 0.15) is 11.8 Å². The second kappa shape index (κ2) is 5.42. The van der Waals surface area contributed by atoms with Gasteiger partial charge in [-0.05, 0) is 17.7 Å². The fourth-order valence-electron chi connectivity index (χ4n) is 2.76. The molecule has 1 aromatic carbocycles. The Hall–Kier alpha value is -2.28. The quantitative estimate of drug-likeness (QED) is 0.590. The summed E-state index contributed by atoms with van der Waals surface area (Å²) < 4.78 is 7.90. The third kappa shape index (κ3) is 2.23. The van der Waals surface area contributed by atoms with Crippen molar-refractivity contribution in [2.45, 2.75) is 11.8 Å². The van der Waals surface area contributed by atoms with Gasteiger partial charge < -0.3 is 9.84 Å². The van der Waals surface area contributed by atoms with E-state index in [0.717, 1.165) is 5.56 Å². The summed E-state index contributed by atoms with van der Waals surface area (Å²) in [5.74, 6) is 0. The molecular weight excluding hydrogens is 316 g/mol. The maximum atomic E-state index is 9.89. The standard InChI is InChI=1S/C16H13ClN4O2/c17-14-13-15(19-9-18-14)21(10-20-13)12-6-7-16(8-22,23-12)11-4-2-1-3-5-11/h1-7,9-10,12,22H,8H2/t12-,16+/m0/s1. The third-order valence-electron chi connectivity index (χ3n) is 3.95. The maximum absolute atomic E-state index is 9.89. The summed E-state index contributed by atoms with van der Waals surface area (Å²) in [5.41, 5.74) is 1.12. The summed E-state index contributed by atoms with van der Waals surface area (Å²) in [6.07, 6.45) is 6.30. The number of ether oxygens (including phenoxy) is 1. The molecule has 2 atom stereocenters. The van der Waals surface area contributed by atoms with Gasteiger partial charge in [0.2, 0.25) is 0 Å². The molecule has 3 aromatic rings. The van der Waals surface area contributed by atoms with Crippen LogP contribution in [-0.4, -0.2) is 31.2 Å². The van der Waals surface area contributed by atoms with E-state index in [-0.39, 0.29) is 6.61 Å². The average molecular weight is 329 g/mol. The van der Waals surface area contributed by atoms with Crippen LogP contribution in [0, 0.1) is 0 Å². The largest absolute Gasteiger partial charge is 0.393 e. The molecule has 3 heterocycles. The van der Waals surface area contributed by atoms with Crippen molar-refractivity contribution in [3.05, 3.63) is 65.9 Å². The van der Waals surface area contributed by atoms with Crippen molar-refractivity contribution in [3.63, 3.8) is 0 Å². The van der Waals surface area contributed by atoms with Gasteiger partial charge in [0.1, 0.15) is 17.4 Å². The highest BCUT2D eigenvalue weighted by Crippen LogP contribution is 2.38. The fourth-order valence-corrected chi connectivity index (χ4v) is 2.93. The number of aliphatic hydroxyl groups excluding tert-OH is 1. The van der Waals surface area contributed by atoms with Gasteiger partial charge in [-0.3, -0.25) is 4.57 Å². The van der Waals surface area contributed by atoms with E-state index in [4.69, 9.17) is 16.3 Å². The predicted octanol–water partition coefficient (Wildman–Crippen LogP) is 2.45. The summed E-state index contributed by atoms with van der Waals surface area (Å²) in [5, 5.41) is 10.2. The molecule has 116 valence electrons. The summed E-state index contributed by atoms with van der Waals surface area (Å²) in [4.78, 5) is 12.4. The number of fused-ring (bicyclic) bond motifs is 1. The van der Waals surface area contributed by atoms with Crippen LogP contribution < -0.4 is 0 Å². The van der Waals surface area contributed by atoms with Crippen LogP contribution in [0.4, 0.5) is 0 Å². The van der Waals surface area contributed by atoms with Crippen molar-refractivity contribution in [1.82, 2.24) is 19.5 Å². The molecule has 1 aliphatic heterocycles. The average Bonchev–Trinajstić information content (AvgIpc) is 3.21. The van der Waals surface area contributed by atoms with Crippen molar-refractivity contribution in [3.8, 4) is 0 Å². The molecule has 0 saturated heterocycles. The number of halogens is 1. The first-order valence-electron chi connectivity index (χ1n) is 7.10. The molecule has 1 N–H and O–H groups in total. The van der Waals surface area contributed by atoms with Crippen LogP contribution in [0.15, 0.2) is 55.1 Å². The van der Waals surface area contributed by atoms with Gasteiger partial charge >= 0.3 is 0 Å². The lowest BCUT2D eigenvalue weighted by molar-refractivity contribution is -0.0859. The fraction of sp³-hybridized carbons (Fsp3) is 0.188. The smallest absolute Gasteiger partial charge is 0.167 e. The summed E-state index contributed by atoms with van der Waals surface area (Å²) in [6.45, 7) is -0.160. The van der Waals surface area contributed by atoms with Gasteiger partial charge in [-0.15, -0.1) is 0 Å². The summed E-state index contributed by atoms with van der Waals surface area (Å²) in [7, 11) is 0. The van der Waals surface area contributed by atoms with Gasteiger partial charge in [-0.2, -0.15) is 0 Å². The molecule has 1 aliphatic rings. The molecule has 23 heavy (non-hydrogen) atoms. The minimum Gasteiger partial charge on any atom is -0.393 e. The van der Waals surface area contributed by atoms with Crippen LogP contribution in [0.25, 0.3) is 11.2 Å². The topological polar surface area (TPSA) is 73.1 Å². The van der Waals surface area contributed by atoms with Gasteiger partial charge in [0, 0.05) is 0 Å². The Balaban J connectivity index is 1.73. The maximum Gasteiger partial charge on any atom is 0.167 e. The third-order valence-corrected chi connectivity index (χ3v) is 4.22. The zero-order valence-electron chi connectivity index (χ0n) is 12.0. The van der Waals surface area contributed by atoms with Crippen LogP contribution in [0.3, 0.4) is 0 Å². The molecule has 0 radical (unpaired) electrons. The minimum atomic E-state index is -0.876. The van der Waals surface area contributed by atoms with Crippen molar-refractivity contribution >= 4 is 22.8 Å². The molecule has 6 nitrogen and oxygen atoms in total. The van der Waals surface area contributed by atoms with E-state index >= 15 is 0 Å². The summed E-state index contributed by atoms with van der Waals surface area (Å²) in [6, 6.07) is 9.60. The predicted molar refractivity (Wildman–Crippen MR) is 84.8 cm³/mol. The molecule has 0 saturated carbocycles. The SMILES string of the molecule is OC[C@@]1(c2ccccc2)C=C[C@@H](n2cnc3c(Cl)ncnc32)O1. The Kier molecular flexibility index (Phi) is 3.37. The molecule has 0 amide bonds. The van der Waals surface area contributed by atoms with E-state index in [1.54, 1.807) is 10.9 Å². The van der Waals surface area contributed by atoms with E-state index in [1.165, 1.54) is 6.33 Å². The Morgan fingerprint density at radius 1 is 1.22 bits per heavy atom. The second-order valence-electron chi connectivity index (χ2n) is 5.27. The minimum absolute atomic E-state index is 0.160. The van der Waals surface area contributed by atoms with Gasteiger partial charge in [0.25, 0.3) is 0 Å². The van der Waals surface area contributed by atoms with Crippen LogP contribution in [0.2, 0.25) is 5.15 Å². The number of aliphatic hydroxyl groups is 1. The molecule has 0 aliphatic carbocycles. The number of hydrogen-bond acceptors (Lipinski definition) is 5. The Labute approximate surface area is 137 Å². The molecule has 2 aromatic heterocycles. The molecule has 7 heteroatoms. The summed E-state index contributed by atoms with van der Waals surface area (Å²) >= 11 is 6.03. The van der Waals surface area contributed by atoms with Crippen molar-refractivity contribution in [1.29, 1.82) is 0 Å². The number of benzene rings is 1. The highest BCUT2D eigenvalue weighted by atomic mass is 35.5. The van der Waals surface area contributed by atoms with Crippen molar-refractivity contribution < 1.29 is 9.84 Å². The Bertz CT molecular complexity index is 880. The normalized spacial score (nSPS) is 23.7. The monoisotopic (exact) mass is 328 g/mol. The lowest BCUT2D eigenvalue weighted by atomic mass is 9.95. The molecular formula is C16H13ClN4O2. The van der Waals surface area contributed by atoms with E-state index in [1.807, 2.05) is 42.5 Å². The lowest BCUT2D eigenvalue weighted by Gasteiger charge is -2.27. The van der Waals surface area contributed by atoms with Gasteiger partial charge in [0.05, 0.1) is 12.9 Å².